The SMILES string of the molecule is C=CC(=O)OCC[P+](CCCC)(CCCC)CCCC.[Cl-]. The summed E-state index contributed by atoms with van der Waals surface area (Å²) in [4.78, 5) is 11.2. The van der Waals surface area contributed by atoms with Crippen LogP contribution in [0.25, 0.3) is 0 Å². The quantitative estimate of drug-likeness (QED) is 0.292. The van der Waals surface area contributed by atoms with Crippen LogP contribution in [0.5, 0.6) is 0 Å². The third-order valence-corrected chi connectivity index (χ3v) is 8.86. The van der Waals surface area contributed by atoms with Crippen LogP contribution in [0.15, 0.2) is 12.7 Å². The van der Waals surface area contributed by atoms with Gasteiger partial charge in [-0.1, -0.05) is 46.6 Å². The first-order chi connectivity index (χ1) is 9.64. The fraction of sp³-hybridized carbons (Fsp3) is 0.824. The van der Waals surface area contributed by atoms with Crippen molar-refractivity contribution in [1.82, 2.24) is 0 Å². The van der Waals surface area contributed by atoms with E-state index >= 15 is 0 Å². The topological polar surface area (TPSA) is 26.3 Å². The van der Waals surface area contributed by atoms with Crippen LogP contribution in [0.3, 0.4) is 0 Å². The highest BCUT2D eigenvalue weighted by molar-refractivity contribution is 7.75. The van der Waals surface area contributed by atoms with Crippen molar-refractivity contribution in [3.8, 4) is 0 Å². The molecule has 0 aliphatic rings. The maximum absolute atomic E-state index is 11.2. The molecule has 0 aliphatic heterocycles. The van der Waals surface area contributed by atoms with Crippen molar-refractivity contribution in [3.63, 3.8) is 0 Å². The van der Waals surface area contributed by atoms with Crippen LogP contribution in [0, 0.1) is 0 Å². The normalized spacial score (nSPS) is 10.8. The lowest BCUT2D eigenvalue weighted by atomic mass is 10.4. The zero-order valence-corrected chi connectivity index (χ0v) is 15.9. The number of hydrogen-bond acceptors (Lipinski definition) is 2. The minimum atomic E-state index is -0.924. The van der Waals surface area contributed by atoms with Gasteiger partial charge in [0.25, 0.3) is 0 Å². The highest BCUT2D eigenvalue weighted by Gasteiger charge is 2.35. The molecule has 0 rings (SSSR count). The van der Waals surface area contributed by atoms with E-state index < -0.39 is 7.26 Å². The van der Waals surface area contributed by atoms with Crippen LogP contribution in [0.2, 0.25) is 0 Å². The van der Waals surface area contributed by atoms with Crippen molar-refractivity contribution in [2.24, 2.45) is 0 Å². The Morgan fingerprint density at radius 2 is 1.38 bits per heavy atom. The van der Waals surface area contributed by atoms with E-state index in [9.17, 15) is 4.79 Å². The Balaban J connectivity index is 0. The summed E-state index contributed by atoms with van der Waals surface area (Å²) in [6, 6.07) is 0. The Morgan fingerprint density at radius 1 is 0.952 bits per heavy atom. The summed E-state index contributed by atoms with van der Waals surface area (Å²) in [5.41, 5.74) is 0. The van der Waals surface area contributed by atoms with Gasteiger partial charge in [0.05, 0.1) is 24.6 Å². The van der Waals surface area contributed by atoms with Gasteiger partial charge in [0.15, 0.2) is 0 Å². The van der Waals surface area contributed by atoms with Gasteiger partial charge in [0, 0.05) is 13.3 Å². The highest BCUT2D eigenvalue weighted by atomic mass is 35.5. The number of unbranched alkanes of at least 4 members (excludes halogenated alkanes) is 3. The van der Waals surface area contributed by atoms with Crippen molar-refractivity contribution >= 4 is 13.2 Å². The monoisotopic (exact) mass is 336 g/mol. The second-order valence-electron chi connectivity index (χ2n) is 5.67. The molecule has 21 heavy (non-hydrogen) atoms. The lowest BCUT2D eigenvalue weighted by Crippen LogP contribution is -3.00. The Bertz CT molecular complexity index is 248. The maximum Gasteiger partial charge on any atom is 0.330 e. The van der Waals surface area contributed by atoms with E-state index in [0.29, 0.717) is 6.61 Å². The molecule has 0 atom stereocenters. The van der Waals surface area contributed by atoms with E-state index in [4.69, 9.17) is 4.74 Å². The molecule has 0 aromatic heterocycles. The van der Waals surface area contributed by atoms with E-state index in [0.717, 1.165) is 6.16 Å². The molecule has 126 valence electrons. The van der Waals surface area contributed by atoms with Gasteiger partial charge in [-0.3, -0.25) is 0 Å². The molecule has 0 aromatic carbocycles. The van der Waals surface area contributed by atoms with Crippen LogP contribution in [0.1, 0.15) is 59.3 Å². The predicted molar refractivity (Wildman–Crippen MR) is 92.3 cm³/mol. The van der Waals surface area contributed by atoms with Crippen molar-refractivity contribution in [2.45, 2.75) is 59.3 Å². The number of hydrogen-bond donors (Lipinski definition) is 0. The number of halogens is 1. The van der Waals surface area contributed by atoms with Crippen LogP contribution < -0.4 is 12.4 Å². The average molecular weight is 337 g/mol. The molecule has 0 bridgehead atoms. The fourth-order valence-electron chi connectivity index (χ4n) is 2.55. The number of carbonyl (C=O) groups excluding carboxylic acids is 1. The molecule has 0 spiro atoms. The van der Waals surface area contributed by atoms with Gasteiger partial charge >= 0.3 is 5.97 Å². The Kier molecular flexibility index (Phi) is 16.4. The van der Waals surface area contributed by atoms with Gasteiger partial charge in [-0.2, -0.15) is 0 Å². The molecule has 0 radical (unpaired) electrons. The minimum Gasteiger partial charge on any atom is -1.00 e. The molecular weight excluding hydrogens is 303 g/mol. The van der Waals surface area contributed by atoms with Crippen LogP contribution in [-0.4, -0.2) is 37.2 Å². The zero-order valence-electron chi connectivity index (χ0n) is 14.2. The van der Waals surface area contributed by atoms with E-state index in [1.165, 1.54) is 63.1 Å². The Morgan fingerprint density at radius 3 is 1.71 bits per heavy atom. The second-order valence-corrected chi connectivity index (χ2v) is 10.1. The molecule has 0 unspecified atom stereocenters. The number of esters is 1. The number of rotatable bonds is 13. The lowest BCUT2D eigenvalue weighted by molar-refractivity contribution is -0.137. The molecule has 0 saturated heterocycles. The van der Waals surface area contributed by atoms with Gasteiger partial charge in [0.2, 0.25) is 0 Å². The van der Waals surface area contributed by atoms with Crippen molar-refractivity contribution in [3.05, 3.63) is 12.7 Å². The second kappa shape index (κ2) is 14.9. The molecule has 2 nitrogen and oxygen atoms in total. The van der Waals surface area contributed by atoms with Crippen LogP contribution >= 0.6 is 7.26 Å². The van der Waals surface area contributed by atoms with E-state index in [1.54, 1.807) is 0 Å². The molecule has 0 amide bonds. The predicted octanol–water partition coefficient (Wildman–Crippen LogP) is 2.14. The largest absolute Gasteiger partial charge is 1.00 e. The smallest absolute Gasteiger partial charge is 0.330 e. The first kappa shape index (κ1) is 23.2. The molecule has 0 aliphatic carbocycles. The van der Waals surface area contributed by atoms with Crippen LogP contribution in [0.4, 0.5) is 0 Å². The third kappa shape index (κ3) is 11.2. The molecule has 0 N–H and O–H groups in total. The Labute approximate surface area is 138 Å². The first-order valence-electron chi connectivity index (χ1n) is 8.28. The first-order valence-corrected chi connectivity index (χ1v) is 10.8. The summed E-state index contributed by atoms with van der Waals surface area (Å²) in [5, 5.41) is 0. The standard InChI is InChI=1S/C17H34O2P.ClH/c1-5-9-13-20(14-10-6-2,15-11-7-3)16-12-19-17(18)8-4;/h8H,4-7,9-16H2,1-3H3;1H/q+1;/p-1. The van der Waals surface area contributed by atoms with Gasteiger partial charge in [-0.05, 0) is 19.3 Å². The highest BCUT2D eigenvalue weighted by Crippen LogP contribution is 2.60. The summed E-state index contributed by atoms with van der Waals surface area (Å²) >= 11 is 0. The lowest BCUT2D eigenvalue weighted by Gasteiger charge is -2.27. The zero-order chi connectivity index (χ0) is 15.3. The van der Waals surface area contributed by atoms with E-state index in [2.05, 4.69) is 27.4 Å². The Hall–Kier alpha value is -0.0700. The van der Waals surface area contributed by atoms with Gasteiger partial charge in [-0.15, -0.1) is 0 Å². The summed E-state index contributed by atoms with van der Waals surface area (Å²) in [6.07, 6.45) is 14.3. The number of carbonyl (C=O) groups is 1. The number of ether oxygens (including phenoxy) is 1. The molecule has 0 heterocycles. The molecular formula is C17H34ClO2P. The third-order valence-electron chi connectivity index (χ3n) is 3.93. The van der Waals surface area contributed by atoms with Gasteiger partial charge in [-0.25, -0.2) is 4.79 Å². The van der Waals surface area contributed by atoms with Gasteiger partial charge in [0.1, 0.15) is 6.61 Å². The summed E-state index contributed by atoms with van der Waals surface area (Å²) in [5.74, 6) is -0.274. The van der Waals surface area contributed by atoms with E-state index in [-0.39, 0.29) is 18.4 Å². The molecule has 4 heteroatoms. The summed E-state index contributed by atoms with van der Waals surface area (Å²) in [6.45, 7) is 10.9. The van der Waals surface area contributed by atoms with Crippen molar-refractivity contribution < 1.29 is 21.9 Å². The fourth-order valence-corrected chi connectivity index (χ4v) is 7.33. The maximum atomic E-state index is 11.2. The summed E-state index contributed by atoms with van der Waals surface area (Å²) < 4.78 is 5.26. The molecule has 0 saturated carbocycles. The van der Waals surface area contributed by atoms with Gasteiger partial charge < -0.3 is 17.1 Å². The summed E-state index contributed by atoms with van der Waals surface area (Å²) in [7, 11) is -0.924. The molecule has 0 fully saturated rings. The average Bonchev–Trinajstić information content (AvgIpc) is 2.48. The minimum absolute atomic E-state index is 0. The van der Waals surface area contributed by atoms with Crippen molar-refractivity contribution in [1.29, 1.82) is 0 Å². The van der Waals surface area contributed by atoms with Crippen molar-refractivity contribution in [2.75, 3.05) is 31.3 Å². The molecule has 0 aromatic rings. The van der Waals surface area contributed by atoms with Crippen LogP contribution in [-0.2, 0) is 9.53 Å². The van der Waals surface area contributed by atoms with E-state index in [1.807, 2.05) is 0 Å².